The van der Waals surface area contributed by atoms with E-state index in [2.05, 4.69) is 15.4 Å². The quantitative estimate of drug-likeness (QED) is 0.443. The molecule has 0 atom stereocenters. The second-order valence-corrected chi connectivity index (χ2v) is 10.5. The fraction of sp³-hybridized carbons (Fsp3) is 0.375. The SMILES string of the molecule is CC(C)Oc1cc(-c2cc(F)cc(C(C)C)c2NC(=O)NS(=O)(=O)c2ccn(C(C)C)n2)ccn1. The normalized spacial score (nSPS) is 11.8. The molecule has 0 aliphatic carbocycles. The van der Waals surface area contributed by atoms with Gasteiger partial charge in [0.25, 0.3) is 10.0 Å². The molecular weight excluding hydrogens is 473 g/mol. The van der Waals surface area contributed by atoms with E-state index in [1.165, 1.54) is 35.3 Å². The monoisotopic (exact) mass is 503 g/mol. The van der Waals surface area contributed by atoms with Crippen molar-refractivity contribution in [2.75, 3.05) is 5.32 Å². The molecule has 0 fully saturated rings. The molecule has 2 aromatic heterocycles. The minimum absolute atomic E-state index is 0.0481. The molecule has 188 valence electrons. The van der Waals surface area contributed by atoms with Crippen LogP contribution in [-0.4, -0.2) is 35.3 Å². The van der Waals surface area contributed by atoms with Crippen LogP contribution in [0.15, 0.2) is 47.8 Å². The van der Waals surface area contributed by atoms with Crippen molar-refractivity contribution in [2.24, 2.45) is 0 Å². The van der Waals surface area contributed by atoms with Crippen molar-refractivity contribution in [3.8, 4) is 17.0 Å². The van der Waals surface area contributed by atoms with Gasteiger partial charge in [0.1, 0.15) is 5.82 Å². The maximum atomic E-state index is 14.6. The van der Waals surface area contributed by atoms with E-state index in [0.29, 0.717) is 22.6 Å². The van der Waals surface area contributed by atoms with Crippen LogP contribution in [0.25, 0.3) is 11.1 Å². The number of rotatable bonds is 8. The van der Waals surface area contributed by atoms with Gasteiger partial charge in [0, 0.05) is 30.1 Å². The number of amides is 2. The van der Waals surface area contributed by atoms with E-state index < -0.39 is 21.9 Å². The molecular formula is C24H30FN5O4S. The van der Waals surface area contributed by atoms with Crippen LogP contribution >= 0.6 is 0 Å². The molecule has 0 bridgehead atoms. The number of nitrogens with one attached hydrogen (secondary N) is 2. The van der Waals surface area contributed by atoms with Gasteiger partial charge >= 0.3 is 6.03 Å². The minimum Gasteiger partial charge on any atom is -0.475 e. The third-order valence-corrected chi connectivity index (χ3v) is 6.23. The van der Waals surface area contributed by atoms with Crippen molar-refractivity contribution in [3.63, 3.8) is 0 Å². The zero-order valence-electron chi connectivity index (χ0n) is 20.5. The number of hydrogen-bond donors (Lipinski definition) is 2. The first kappa shape index (κ1) is 26.1. The van der Waals surface area contributed by atoms with Crippen molar-refractivity contribution in [3.05, 3.63) is 54.1 Å². The first-order valence-corrected chi connectivity index (χ1v) is 12.7. The number of aromatic nitrogens is 3. The summed E-state index contributed by atoms with van der Waals surface area (Å²) in [5.74, 6) is -0.331. The first-order valence-electron chi connectivity index (χ1n) is 11.2. The summed E-state index contributed by atoms with van der Waals surface area (Å²) in [5, 5.41) is 6.34. The van der Waals surface area contributed by atoms with Crippen LogP contribution in [0.3, 0.4) is 0 Å². The van der Waals surface area contributed by atoms with Crippen molar-refractivity contribution in [1.82, 2.24) is 19.5 Å². The van der Waals surface area contributed by atoms with E-state index >= 15 is 0 Å². The van der Waals surface area contributed by atoms with Crippen molar-refractivity contribution < 1.29 is 22.3 Å². The fourth-order valence-electron chi connectivity index (χ4n) is 3.40. The van der Waals surface area contributed by atoms with Crippen molar-refractivity contribution in [1.29, 1.82) is 0 Å². The van der Waals surface area contributed by atoms with Crippen LogP contribution in [0, 0.1) is 5.82 Å². The molecule has 1 aromatic carbocycles. The van der Waals surface area contributed by atoms with Gasteiger partial charge in [-0.3, -0.25) is 4.68 Å². The fourth-order valence-corrected chi connectivity index (χ4v) is 4.24. The number of carbonyl (C=O) groups excluding carboxylic acids is 1. The Labute approximate surface area is 204 Å². The highest BCUT2D eigenvalue weighted by Gasteiger charge is 2.24. The highest BCUT2D eigenvalue weighted by atomic mass is 32.2. The van der Waals surface area contributed by atoms with E-state index in [1.54, 1.807) is 12.1 Å². The van der Waals surface area contributed by atoms with Crippen LogP contribution in [-0.2, 0) is 10.0 Å². The number of carbonyl (C=O) groups is 1. The van der Waals surface area contributed by atoms with Crippen LogP contribution < -0.4 is 14.8 Å². The Bertz CT molecular complexity index is 1320. The number of benzene rings is 1. The average Bonchev–Trinajstić information content (AvgIpc) is 3.25. The van der Waals surface area contributed by atoms with E-state index in [9.17, 15) is 17.6 Å². The third kappa shape index (κ3) is 6.36. The summed E-state index contributed by atoms with van der Waals surface area (Å²) in [6.45, 7) is 11.1. The molecule has 0 saturated carbocycles. The molecule has 35 heavy (non-hydrogen) atoms. The number of hydrogen-bond acceptors (Lipinski definition) is 6. The van der Waals surface area contributed by atoms with Crippen molar-refractivity contribution >= 4 is 21.7 Å². The summed E-state index contributed by atoms with van der Waals surface area (Å²) in [4.78, 5) is 17.0. The maximum absolute atomic E-state index is 14.6. The first-order chi connectivity index (χ1) is 16.4. The second-order valence-electron chi connectivity index (χ2n) is 8.91. The lowest BCUT2D eigenvalue weighted by molar-refractivity contribution is 0.233. The number of sulfonamides is 1. The lowest BCUT2D eigenvalue weighted by Gasteiger charge is -2.19. The molecule has 2 amide bonds. The Morgan fingerprint density at radius 3 is 2.40 bits per heavy atom. The zero-order valence-corrected chi connectivity index (χ0v) is 21.4. The Kier molecular flexibility index (Phi) is 7.79. The molecule has 0 spiro atoms. The highest BCUT2D eigenvalue weighted by Crippen LogP contribution is 2.37. The Morgan fingerprint density at radius 1 is 1.09 bits per heavy atom. The summed E-state index contributed by atoms with van der Waals surface area (Å²) in [6.07, 6.45) is 2.92. The molecule has 9 nitrogen and oxygen atoms in total. The number of urea groups is 1. The largest absolute Gasteiger partial charge is 0.475 e. The minimum atomic E-state index is -4.23. The predicted molar refractivity (Wildman–Crippen MR) is 131 cm³/mol. The van der Waals surface area contributed by atoms with Gasteiger partial charge < -0.3 is 10.1 Å². The lowest BCUT2D eigenvalue weighted by atomic mass is 9.94. The van der Waals surface area contributed by atoms with Gasteiger partial charge in [0.2, 0.25) is 5.88 Å². The standard InChI is InChI=1S/C24H30FN5O4S/c1-14(2)19-12-18(25)13-20(17-7-9-26-21(11-17)34-16(5)6)23(19)27-24(31)29-35(32,33)22-8-10-30(28-22)15(3)4/h7-16H,1-6H3,(H2,27,29,31). The Balaban J connectivity index is 1.98. The van der Waals surface area contributed by atoms with Crippen LogP contribution in [0.5, 0.6) is 5.88 Å². The van der Waals surface area contributed by atoms with Gasteiger partial charge in [-0.2, -0.15) is 13.5 Å². The molecule has 0 unspecified atom stereocenters. The molecule has 11 heteroatoms. The molecule has 0 aliphatic rings. The number of pyridine rings is 1. The highest BCUT2D eigenvalue weighted by molar-refractivity contribution is 7.90. The van der Waals surface area contributed by atoms with Crippen LogP contribution in [0.1, 0.15) is 59.1 Å². The topological polar surface area (TPSA) is 115 Å². The molecule has 3 rings (SSSR count). The predicted octanol–water partition coefficient (Wildman–Crippen LogP) is 5.09. The summed E-state index contributed by atoms with van der Waals surface area (Å²) in [7, 11) is -4.23. The van der Waals surface area contributed by atoms with E-state index in [4.69, 9.17) is 4.74 Å². The molecule has 0 aliphatic heterocycles. The van der Waals surface area contributed by atoms with Gasteiger partial charge in [0.15, 0.2) is 5.03 Å². The smallest absolute Gasteiger partial charge is 0.333 e. The summed E-state index contributed by atoms with van der Waals surface area (Å²) < 4.78 is 49.1. The molecule has 2 N–H and O–H groups in total. The van der Waals surface area contributed by atoms with E-state index in [1.807, 2.05) is 46.3 Å². The second kappa shape index (κ2) is 10.4. The van der Waals surface area contributed by atoms with Gasteiger partial charge in [-0.25, -0.2) is 18.9 Å². The summed E-state index contributed by atoms with van der Waals surface area (Å²) in [5.41, 5.74) is 1.69. The average molecular weight is 504 g/mol. The zero-order chi connectivity index (χ0) is 25.9. The maximum Gasteiger partial charge on any atom is 0.333 e. The number of halogens is 1. The van der Waals surface area contributed by atoms with Gasteiger partial charge in [-0.05, 0) is 69.0 Å². The van der Waals surface area contributed by atoms with Crippen molar-refractivity contribution in [2.45, 2.75) is 64.6 Å². The molecule has 3 aromatic rings. The lowest BCUT2D eigenvalue weighted by Crippen LogP contribution is -2.35. The van der Waals surface area contributed by atoms with Gasteiger partial charge in [-0.15, -0.1) is 0 Å². The van der Waals surface area contributed by atoms with E-state index in [0.717, 1.165) is 0 Å². The molecule has 2 heterocycles. The number of ether oxygens (including phenoxy) is 1. The van der Waals surface area contributed by atoms with E-state index in [-0.39, 0.29) is 28.8 Å². The summed E-state index contributed by atoms with van der Waals surface area (Å²) in [6, 6.07) is 6.15. The van der Waals surface area contributed by atoms with Gasteiger partial charge in [0.05, 0.1) is 11.8 Å². The van der Waals surface area contributed by atoms with Gasteiger partial charge in [-0.1, -0.05) is 13.8 Å². The molecule has 0 saturated heterocycles. The Morgan fingerprint density at radius 2 is 1.80 bits per heavy atom. The van der Waals surface area contributed by atoms with Crippen LogP contribution in [0.2, 0.25) is 0 Å². The molecule has 0 radical (unpaired) electrons. The van der Waals surface area contributed by atoms with Crippen LogP contribution in [0.4, 0.5) is 14.9 Å². The summed E-state index contributed by atoms with van der Waals surface area (Å²) >= 11 is 0. The number of anilines is 1. The third-order valence-electron chi connectivity index (χ3n) is 5.01. The number of nitrogens with zero attached hydrogens (tertiary/aromatic N) is 3. The Hall–Kier alpha value is -3.47.